The number of nitrogens with one attached hydrogen (secondary N) is 2. The minimum atomic E-state index is -1.04. The lowest BCUT2D eigenvalue weighted by molar-refractivity contribution is -0.118. The first-order valence-corrected chi connectivity index (χ1v) is 18.1. The number of halogens is 2. The zero-order chi connectivity index (χ0) is 37.1. The van der Waals surface area contributed by atoms with Crippen molar-refractivity contribution in [3.8, 4) is 22.5 Å². The molecular weight excluding hydrogens is 691 g/mol. The van der Waals surface area contributed by atoms with Crippen LogP contribution in [0.4, 0.5) is 32.1 Å². The molecule has 4 aliphatic rings. The van der Waals surface area contributed by atoms with E-state index in [1.807, 2.05) is 36.7 Å². The van der Waals surface area contributed by atoms with Gasteiger partial charge in [-0.15, -0.1) is 0 Å². The lowest BCUT2D eigenvalue weighted by atomic mass is 10.0. The van der Waals surface area contributed by atoms with Crippen LogP contribution in [0.25, 0.3) is 44.1 Å². The first-order valence-electron chi connectivity index (χ1n) is 18.1. The molecule has 272 valence electrons. The van der Waals surface area contributed by atoms with E-state index in [0.717, 1.165) is 33.3 Å². The topological polar surface area (TPSA) is 188 Å². The van der Waals surface area contributed by atoms with Crippen molar-refractivity contribution in [1.82, 2.24) is 29.9 Å². The maximum atomic E-state index is 13.1. The second kappa shape index (κ2) is 13.3. The summed E-state index contributed by atoms with van der Waals surface area (Å²) in [6.07, 6.45) is 13.6. The third-order valence-corrected chi connectivity index (χ3v) is 10.4. The van der Waals surface area contributed by atoms with Gasteiger partial charge in [-0.05, 0) is 109 Å². The Labute approximate surface area is 308 Å². The minimum Gasteiger partial charge on any atom is -0.383 e. The Morgan fingerprint density at radius 2 is 1.04 bits per heavy atom. The number of anilines is 4. The summed E-state index contributed by atoms with van der Waals surface area (Å²) in [5, 5.41) is 8.43. The molecular formula is C40H36F2N10O2. The predicted octanol–water partition coefficient (Wildman–Crippen LogP) is 6.90. The molecule has 4 fully saturated rings. The van der Waals surface area contributed by atoms with Crippen LogP contribution in [0.2, 0.25) is 0 Å². The number of nitrogens with two attached hydrogens (primary N) is 2. The highest BCUT2D eigenvalue weighted by atomic mass is 19.1. The number of aromatic nitrogens is 6. The fourth-order valence-electron chi connectivity index (χ4n) is 6.81. The molecule has 0 spiro atoms. The van der Waals surface area contributed by atoms with E-state index >= 15 is 0 Å². The number of nitrogen functional groups attached to an aromatic ring is 2. The van der Waals surface area contributed by atoms with Crippen LogP contribution in [0, 0.1) is 11.8 Å². The summed E-state index contributed by atoms with van der Waals surface area (Å²) in [5.41, 5.74) is 18.3. The summed E-state index contributed by atoms with van der Waals surface area (Å²) in [6.45, 7) is 0. The third-order valence-electron chi connectivity index (χ3n) is 10.4. The summed E-state index contributed by atoms with van der Waals surface area (Å²) in [7, 11) is 0. The SMILES string of the molecule is Nc1nc(-c2cnccc2C2CC2)cc2cc(NC(=O)[C@@H]3C[C@@H]3F)ncc12.Nc1nc(-c2cnccc2C2CC2)cc2cc(NC(=O)[C@H]3C[C@H]3F)ncc12. The molecule has 4 aliphatic carbocycles. The second-order valence-electron chi connectivity index (χ2n) is 14.5. The van der Waals surface area contributed by atoms with E-state index in [1.165, 1.54) is 36.8 Å². The van der Waals surface area contributed by atoms with Gasteiger partial charge in [0.15, 0.2) is 0 Å². The summed E-state index contributed by atoms with van der Waals surface area (Å²) in [4.78, 5) is 49.9. The largest absolute Gasteiger partial charge is 0.383 e. The van der Waals surface area contributed by atoms with Crippen LogP contribution >= 0.6 is 0 Å². The van der Waals surface area contributed by atoms with Gasteiger partial charge in [-0.3, -0.25) is 19.6 Å². The average Bonchev–Trinajstić information content (AvgIpc) is 3.96. The molecule has 0 bridgehead atoms. The molecule has 0 saturated heterocycles. The van der Waals surface area contributed by atoms with Crippen molar-refractivity contribution in [3.63, 3.8) is 0 Å². The second-order valence-corrected chi connectivity index (χ2v) is 14.5. The van der Waals surface area contributed by atoms with Crippen LogP contribution in [-0.4, -0.2) is 54.1 Å². The van der Waals surface area contributed by atoms with Crippen molar-refractivity contribution in [1.29, 1.82) is 0 Å². The fourth-order valence-corrected chi connectivity index (χ4v) is 6.81. The van der Waals surface area contributed by atoms with Gasteiger partial charge in [0, 0.05) is 59.1 Å². The molecule has 4 atom stereocenters. The minimum absolute atomic E-state index is 0.283. The van der Waals surface area contributed by atoms with E-state index in [1.54, 1.807) is 36.9 Å². The van der Waals surface area contributed by atoms with E-state index in [-0.39, 0.29) is 24.7 Å². The molecule has 6 N–H and O–H groups in total. The Morgan fingerprint density at radius 3 is 1.41 bits per heavy atom. The predicted molar refractivity (Wildman–Crippen MR) is 202 cm³/mol. The number of fused-ring (bicyclic) bond motifs is 2. The van der Waals surface area contributed by atoms with E-state index in [0.29, 0.717) is 45.9 Å². The lowest BCUT2D eigenvalue weighted by Gasteiger charge is -2.11. The quantitative estimate of drug-likeness (QED) is 0.129. The van der Waals surface area contributed by atoms with E-state index in [2.05, 4.69) is 40.5 Å². The standard InChI is InChI=1S/2C20H18FN5O/c2*21-16-7-13(16)20(27)26-18-6-11-5-17(25-19(22)14(11)9-24-18)15-8-23-4-3-12(15)10-1-2-10/h2*3-6,8-10,13,16H,1-2,7H2,(H2,22,25)(H,24,26,27)/t2*13-,16+/m10/s1. The highest BCUT2D eigenvalue weighted by Crippen LogP contribution is 2.45. The van der Waals surface area contributed by atoms with Gasteiger partial charge in [0.25, 0.3) is 0 Å². The number of hydrogen-bond acceptors (Lipinski definition) is 10. The number of hydrogen-bond donors (Lipinski definition) is 4. The number of carbonyl (C=O) groups excluding carboxylic acids is 2. The van der Waals surface area contributed by atoms with Gasteiger partial charge in [0.2, 0.25) is 11.8 Å². The fraction of sp³-hybridized carbons (Fsp3) is 0.300. The summed E-state index contributed by atoms with van der Waals surface area (Å²) >= 11 is 0. The van der Waals surface area contributed by atoms with Crippen LogP contribution in [-0.2, 0) is 9.59 Å². The zero-order valence-electron chi connectivity index (χ0n) is 29.0. The molecule has 14 heteroatoms. The Morgan fingerprint density at radius 1 is 0.630 bits per heavy atom. The van der Waals surface area contributed by atoms with Gasteiger partial charge in [-0.25, -0.2) is 28.7 Å². The van der Waals surface area contributed by atoms with Gasteiger partial charge in [0.1, 0.15) is 35.6 Å². The van der Waals surface area contributed by atoms with Crippen molar-refractivity contribution in [2.45, 2.75) is 62.7 Å². The van der Waals surface area contributed by atoms with Crippen LogP contribution in [0.5, 0.6) is 0 Å². The maximum absolute atomic E-state index is 13.1. The van der Waals surface area contributed by atoms with Gasteiger partial charge in [0.05, 0.1) is 23.2 Å². The normalized spacial score (nSPS) is 21.2. The van der Waals surface area contributed by atoms with Gasteiger partial charge >= 0.3 is 0 Å². The maximum Gasteiger partial charge on any atom is 0.231 e. The highest BCUT2D eigenvalue weighted by Gasteiger charge is 2.44. The molecule has 0 aliphatic heterocycles. The smallest absolute Gasteiger partial charge is 0.231 e. The Kier molecular flexibility index (Phi) is 8.32. The van der Waals surface area contributed by atoms with Crippen LogP contribution in [0.15, 0.2) is 73.6 Å². The van der Waals surface area contributed by atoms with Gasteiger partial charge in [-0.1, -0.05) is 0 Å². The van der Waals surface area contributed by atoms with E-state index in [9.17, 15) is 18.4 Å². The molecule has 4 saturated carbocycles. The van der Waals surface area contributed by atoms with Gasteiger partial charge in [-0.2, -0.15) is 0 Å². The molecule has 0 aromatic carbocycles. The van der Waals surface area contributed by atoms with Crippen molar-refractivity contribution in [2.75, 3.05) is 22.1 Å². The summed E-state index contributed by atoms with van der Waals surface area (Å²) < 4.78 is 26.1. The molecule has 6 aromatic rings. The molecule has 6 aromatic heterocycles. The molecule has 54 heavy (non-hydrogen) atoms. The van der Waals surface area contributed by atoms with Crippen molar-refractivity contribution >= 4 is 56.6 Å². The molecule has 6 heterocycles. The third kappa shape index (κ3) is 6.86. The van der Waals surface area contributed by atoms with E-state index < -0.39 is 24.2 Å². The lowest BCUT2D eigenvalue weighted by Crippen LogP contribution is -2.15. The Balaban J connectivity index is 0.000000142. The molecule has 0 radical (unpaired) electrons. The summed E-state index contributed by atoms with van der Waals surface area (Å²) in [6, 6.07) is 11.4. The number of nitrogens with zero attached hydrogens (tertiary/aromatic N) is 6. The number of alkyl halides is 2. The molecule has 2 amide bonds. The number of carbonyl (C=O) groups is 2. The zero-order valence-corrected chi connectivity index (χ0v) is 29.0. The Bertz CT molecular complexity index is 2300. The van der Waals surface area contributed by atoms with Gasteiger partial charge < -0.3 is 22.1 Å². The van der Waals surface area contributed by atoms with Crippen LogP contribution < -0.4 is 22.1 Å². The van der Waals surface area contributed by atoms with Crippen molar-refractivity contribution in [2.24, 2.45) is 11.8 Å². The van der Waals surface area contributed by atoms with Crippen molar-refractivity contribution < 1.29 is 18.4 Å². The average molecular weight is 727 g/mol. The highest BCUT2D eigenvalue weighted by molar-refractivity contribution is 6.00. The number of pyridine rings is 6. The monoisotopic (exact) mass is 726 g/mol. The number of rotatable bonds is 8. The van der Waals surface area contributed by atoms with Crippen LogP contribution in [0.1, 0.15) is 61.5 Å². The number of amides is 2. The molecule has 12 nitrogen and oxygen atoms in total. The Hall–Kier alpha value is -6.18. The van der Waals surface area contributed by atoms with Crippen LogP contribution in [0.3, 0.4) is 0 Å². The first kappa shape index (κ1) is 33.6. The molecule has 10 rings (SSSR count). The van der Waals surface area contributed by atoms with Crippen molar-refractivity contribution in [3.05, 3.63) is 84.7 Å². The van der Waals surface area contributed by atoms with E-state index in [4.69, 9.17) is 11.5 Å². The summed E-state index contributed by atoms with van der Waals surface area (Å²) in [5.74, 6) is 0.860. The molecule has 0 unspecified atom stereocenters. The first-order chi connectivity index (χ1) is 26.2.